The highest BCUT2D eigenvalue weighted by Crippen LogP contribution is 2.32. The molecule has 202 valence electrons. The first kappa shape index (κ1) is 27.3. The molecule has 3 aromatic heterocycles. The van der Waals surface area contributed by atoms with Gasteiger partial charge in [0.05, 0.1) is 24.0 Å². The number of esters is 1. The fraction of sp³-hybridized carbons (Fsp3) is 0.333. The van der Waals surface area contributed by atoms with Crippen LogP contribution in [0, 0.1) is 12.8 Å². The van der Waals surface area contributed by atoms with Gasteiger partial charge in [0.1, 0.15) is 10.7 Å². The van der Waals surface area contributed by atoms with Crippen LogP contribution >= 0.6 is 34.7 Å². The Labute approximate surface area is 239 Å². The second kappa shape index (κ2) is 12.3. The van der Waals surface area contributed by atoms with E-state index < -0.39 is 0 Å². The average Bonchev–Trinajstić information content (AvgIpc) is 3.61. The molecule has 0 spiro atoms. The van der Waals surface area contributed by atoms with Crippen LogP contribution < -0.4 is 0 Å². The van der Waals surface area contributed by atoms with Crippen molar-refractivity contribution in [3.63, 3.8) is 0 Å². The predicted octanol–water partition coefficient (Wildman–Crippen LogP) is 5.46. The number of pyridine rings is 1. The quantitative estimate of drug-likeness (QED) is 0.199. The number of hydrogen-bond acceptors (Lipinski definition) is 9. The molecule has 12 heteroatoms. The van der Waals surface area contributed by atoms with E-state index >= 15 is 0 Å². The molecule has 5 rings (SSSR count). The highest BCUT2D eigenvalue weighted by molar-refractivity contribution is 7.98. The Hall–Kier alpha value is -3.28. The van der Waals surface area contributed by atoms with E-state index in [4.69, 9.17) is 16.3 Å². The lowest BCUT2D eigenvalue weighted by Crippen LogP contribution is -2.43. The molecule has 39 heavy (non-hydrogen) atoms. The van der Waals surface area contributed by atoms with E-state index in [-0.39, 0.29) is 17.8 Å². The Morgan fingerprint density at radius 3 is 2.82 bits per heavy atom. The number of halogens is 1. The Kier molecular flexibility index (Phi) is 8.59. The maximum absolute atomic E-state index is 13.1. The van der Waals surface area contributed by atoms with Gasteiger partial charge in [-0.2, -0.15) is 0 Å². The van der Waals surface area contributed by atoms with Crippen LogP contribution in [-0.4, -0.2) is 61.2 Å². The van der Waals surface area contributed by atoms with Crippen LogP contribution in [0.2, 0.25) is 5.02 Å². The third-order valence-corrected chi connectivity index (χ3v) is 8.61. The summed E-state index contributed by atoms with van der Waals surface area (Å²) >= 11 is 9.27. The van der Waals surface area contributed by atoms with Crippen molar-refractivity contribution in [2.45, 2.75) is 37.6 Å². The number of likely N-dealkylation sites (tertiary alicyclic amines) is 1. The molecule has 0 aliphatic carbocycles. The number of carbonyl (C=O) groups is 2. The molecular weight excluding hydrogens is 556 g/mol. The van der Waals surface area contributed by atoms with Crippen LogP contribution in [0.4, 0.5) is 0 Å². The first-order valence-corrected chi connectivity index (χ1v) is 14.8. The molecule has 0 bridgehead atoms. The number of rotatable bonds is 8. The number of amides is 1. The number of ether oxygens (including phenoxy) is 1. The standard InChI is InChI=1S/C27H27ClN6O3S2/c1-3-37-26(36)19-5-4-12-33(14-19)25(35)21-15-38-23(30-21)16-39-27-32-31-24(18-8-10-29-11-9-18)34(27)22-13-20(28)7-6-17(22)2/h6-11,13,15,19H,3-5,12,14,16H2,1-2H3. The van der Waals surface area contributed by atoms with Crippen molar-refractivity contribution in [2.24, 2.45) is 5.92 Å². The third kappa shape index (κ3) is 6.15. The SMILES string of the molecule is CCOC(=O)C1CCCN(C(=O)c2csc(CSc3nnc(-c4ccncc4)n3-c3cc(Cl)ccc3C)n2)C1. The smallest absolute Gasteiger partial charge is 0.310 e. The van der Waals surface area contributed by atoms with Gasteiger partial charge >= 0.3 is 5.97 Å². The minimum atomic E-state index is -0.285. The van der Waals surface area contributed by atoms with Crippen molar-refractivity contribution in [2.75, 3.05) is 19.7 Å². The number of nitrogens with zero attached hydrogens (tertiary/aromatic N) is 6. The van der Waals surface area contributed by atoms with Crippen LogP contribution in [0.3, 0.4) is 0 Å². The number of carbonyl (C=O) groups excluding carboxylic acids is 2. The minimum Gasteiger partial charge on any atom is -0.466 e. The van der Waals surface area contributed by atoms with Gasteiger partial charge in [-0.1, -0.05) is 29.4 Å². The highest BCUT2D eigenvalue weighted by Gasteiger charge is 2.30. The summed E-state index contributed by atoms with van der Waals surface area (Å²) in [5.41, 5.74) is 3.19. The van der Waals surface area contributed by atoms with E-state index in [1.165, 1.54) is 23.1 Å². The fourth-order valence-electron chi connectivity index (χ4n) is 4.47. The number of piperidine rings is 1. The number of hydrogen-bond donors (Lipinski definition) is 0. The first-order valence-electron chi connectivity index (χ1n) is 12.6. The molecule has 1 unspecified atom stereocenters. The molecule has 1 aliphatic rings. The van der Waals surface area contributed by atoms with Crippen molar-refractivity contribution in [3.05, 3.63) is 69.4 Å². The van der Waals surface area contributed by atoms with Crippen molar-refractivity contribution in [1.29, 1.82) is 0 Å². The summed E-state index contributed by atoms with van der Waals surface area (Å²) in [5, 5.41) is 12.8. The third-order valence-electron chi connectivity index (χ3n) is 6.41. The lowest BCUT2D eigenvalue weighted by molar-refractivity contribution is -0.149. The molecule has 4 aromatic rings. The predicted molar refractivity (Wildman–Crippen MR) is 151 cm³/mol. The Balaban J connectivity index is 1.34. The molecule has 1 saturated heterocycles. The highest BCUT2D eigenvalue weighted by atomic mass is 35.5. The van der Waals surface area contributed by atoms with Crippen LogP contribution in [0.25, 0.3) is 17.1 Å². The van der Waals surface area contributed by atoms with E-state index in [1.54, 1.807) is 29.6 Å². The van der Waals surface area contributed by atoms with Crippen LogP contribution in [0.15, 0.2) is 53.3 Å². The number of thioether (sulfide) groups is 1. The molecule has 1 atom stereocenters. The number of thiazole rings is 1. The molecule has 1 amide bonds. The summed E-state index contributed by atoms with van der Waals surface area (Å²) in [5.74, 6) is 0.510. The molecular formula is C27H27ClN6O3S2. The van der Waals surface area contributed by atoms with Crippen molar-refractivity contribution in [1.82, 2.24) is 29.6 Å². The molecule has 1 aromatic carbocycles. The monoisotopic (exact) mass is 582 g/mol. The van der Waals surface area contributed by atoms with Gasteiger partial charge in [0.15, 0.2) is 11.0 Å². The van der Waals surface area contributed by atoms with Gasteiger partial charge in [0.2, 0.25) is 0 Å². The number of aromatic nitrogens is 5. The summed E-state index contributed by atoms with van der Waals surface area (Å²) in [4.78, 5) is 35.8. The Bertz CT molecular complexity index is 1480. The maximum Gasteiger partial charge on any atom is 0.310 e. The summed E-state index contributed by atoms with van der Waals surface area (Å²) in [6.07, 6.45) is 4.94. The van der Waals surface area contributed by atoms with E-state index in [2.05, 4.69) is 20.2 Å². The summed E-state index contributed by atoms with van der Waals surface area (Å²) in [7, 11) is 0. The molecule has 1 aliphatic heterocycles. The zero-order valence-electron chi connectivity index (χ0n) is 21.5. The largest absolute Gasteiger partial charge is 0.466 e. The Morgan fingerprint density at radius 2 is 2.03 bits per heavy atom. The summed E-state index contributed by atoms with van der Waals surface area (Å²) in [6, 6.07) is 9.50. The van der Waals surface area contributed by atoms with Crippen molar-refractivity contribution < 1.29 is 14.3 Å². The lowest BCUT2D eigenvalue weighted by atomic mass is 9.98. The van der Waals surface area contributed by atoms with E-state index in [0.717, 1.165) is 34.7 Å². The normalized spacial score (nSPS) is 15.4. The molecule has 9 nitrogen and oxygen atoms in total. The van der Waals surface area contributed by atoms with E-state index in [1.807, 2.05) is 41.8 Å². The minimum absolute atomic E-state index is 0.158. The second-order valence-corrected chi connectivity index (χ2v) is 11.4. The van der Waals surface area contributed by atoms with Crippen molar-refractivity contribution >= 4 is 46.6 Å². The van der Waals surface area contributed by atoms with Gasteiger partial charge in [-0.3, -0.25) is 19.1 Å². The van der Waals surface area contributed by atoms with Gasteiger partial charge in [-0.05, 0) is 56.5 Å². The van der Waals surface area contributed by atoms with Crippen molar-refractivity contribution in [3.8, 4) is 17.1 Å². The van der Waals surface area contributed by atoms with Gasteiger partial charge in [-0.25, -0.2) is 4.98 Å². The number of aryl methyl sites for hydroxylation is 1. The fourth-order valence-corrected chi connectivity index (χ4v) is 6.37. The second-order valence-electron chi connectivity index (χ2n) is 9.07. The van der Waals surface area contributed by atoms with Gasteiger partial charge in [0.25, 0.3) is 5.91 Å². The molecule has 0 N–H and O–H groups in total. The van der Waals surface area contributed by atoms with Crippen LogP contribution in [0.5, 0.6) is 0 Å². The topological polar surface area (TPSA) is 103 Å². The van der Waals surface area contributed by atoms with Crippen LogP contribution in [-0.2, 0) is 15.3 Å². The van der Waals surface area contributed by atoms with Crippen LogP contribution in [0.1, 0.15) is 40.8 Å². The van der Waals surface area contributed by atoms with Gasteiger partial charge in [-0.15, -0.1) is 21.5 Å². The zero-order chi connectivity index (χ0) is 27.4. The summed E-state index contributed by atoms with van der Waals surface area (Å²) in [6.45, 7) is 5.11. The first-order chi connectivity index (χ1) is 18.9. The maximum atomic E-state index is 13.1. The lowest BCUT2D eigenvalue weighted by Gasteiger charge is -2.31. The zero-order valence-corrected chi connectivity index (χ0v) is 23.9. The average molecular weight is 583 g/mol. The van der Waals surface area contributed by atoms with Gasteiger partial charge in [0, 0.05) is 41.4 Å². The molecule has 0 radical (unpaired) electrons. The van der Waals surface area contributed by atoms with E-state index in [9.17, 15) is 9.59 Å². The molecule has 1 fully saturated rings. The molecule has 4 heterocycles. The van der Waals surface area contributed by atoms with Gasteiger partial charge < -0.3 is 9.64 Å². The summed E-state index contributed by atoms with van der Waals surface area (Å²) < 4.78 is 7.15. The number of benzene rings is 1. The van der Waals surface area contributed by atoms with E-state index in [0.29, 0.717) is 47.1 Å². The molecule has 0 saturated carbocycles. The Morgan fingerprint density at radius 1 is 1.21 bits per heavy atom.